The molecule has 0 aliphatic carbocycles. The van der Waals surface area contributed by atoms with Crippen molar-refractivity contribution in [2.24, 2.45) is 5.73 Å². The number of nitrogens with zero attached hydrogens (tertiary/aromatic N) is 1. The first-order chi connectivity index (χ1) is 8.17. The van der Waals surface area contributed by atoms with Gasteiger partial charge in [-0.3, -0.25) is 0 Å². The summed E-state index contributed by atoms with van der Waals surface area (Å²) >= 11 is 0. The molecule has 18 heavy (non-hydrogen) atoms. The van der Waals surface area contributed by atoms with Crippen molar-refractivity contribution >= 4 is 10.0 Å². The van der Waals surface area contributed by atoms with Crippen molar-refractivity contribution in [3.05, 3.63) is 35.1 Å². The van der Waals surface area contributed by atoms with Crippen LogP contribution in [0.3, 0.4) is 0 Å². The third-order valence-corrected chi connectivity index (χ3v) is 5.30. The van der Waals surface area contributed by atoms with E-state index in [0.29, 0.717) is 11.1 Å². The predicted molar refractivity (Wildman–Crippen MR) is 70.1 cm³/mol. The van der Waals surface area contributed by atoms with Crippen LogP contribution in [0, 0.1) is 12.7 Å². The third kappa shape index (κ3) is 2.88. The SMILES string of the molecule is Cc1cc(C(N)C(C)S(=O)(=O)N(C)C)ccc1F. The minimum absolute atomic E-state index is 0.325. The Morgan fingerprint density at radius 1 is 1.33 bits per heavy atom. The van der Waals surface area contributed by atoms with Crippen molar-refractivity contribution in [3.8, 4) is 0 Å². The van der Waals surface area contributed by atoms with E-state index in [2.05, 4.69) is 0 Å². The quantitative estimate of drug-likeness (QED) is 0.903. The Bertz CT molecular complexity index is 529. The second kappa shape index (κ2) is 5.34. The molecule has 0 bridgehead atoms. The fraction of sp³-hybridized carbons (Fsp3) is 0.500. The summed E-state index contributed by atoms with van der Waals surface area (Å²) < 4.78 is 38.2. The molecule has 2 unspecified atom stereocenters. The van der Waals surface area contributed by atoms with Crippen molar-refractivity contribution in [3.63, 3.8) is 0 Å². The van der Waals surface area contributed by atoms with Gasteiger partial charge in [0.1, 0.15) is 5.82 Å². The van der Waals surface area contributed by atoms with E-state index in [1.54, 1.807) is 19.9 Å². The summed E-state index contributed by atoms with van der Waals surface area (Å²) in [6.07, 6.45) is 0. The Morgan fingerprint density at radius 2 is 1.89 bits per heavy atom. The van der Waals surface area contributed by atoms with Crippen molar-refractivity contribution in [2.45, 2.75) is 25.1 Å². The lowest BCUT2D eigenvalue weighted by Gasteiger charge is -2.24. The van der Waals surface area contributed by atoms with Crippen molar-refractivity contribution in [1.29, 1.82) is 0 Å². The normalized spacial score (nSPS) is 15.7. The van der Waals surface area contributed by atoms with Crippen LogP contribution in [-0.4, -0.2) is 32.1 Å². The maximum Gasteiger partial charge on any atom is 0.218 e. The molecule has 0 aliphatic heterocycles. The molecule has 0 amide bonds. The van der Waals surface area contributed by atoms with Crippen LogP contribution < -0.4 is 5.73 Å². The number of nitrogens with two attached hydrogens (primary N) is 1. The van der Waals surface area contributed by atoms with Gasteiger partial charge in [-0.1, -0.05) is 12.1 Å². The Labute approximate surface area is 108 Å². The summed E-state index contributed by atoms with van der Waals surface area (Å²) in [5.41, 5.74) is 7.03. The standard InChI is InChI=1S/C12H19FN2O2S/c1-8-7-10(5-6-11(8)13)12(14)9(2)18(16,17)15(3)4/h5-7,9,12H,14H2,1-4H3. The van der Waals surface area contributed by atoms with Gasteiger partial charge in [0.25, 0.3) is 0 Å². The van der Waals surface area contributed by atoms with E-state index in [4.69, 9.17) is 5.73 Å². The van der Waals surface area contributed by atoms with Gasteiger partial charge in [0.05, 0.1) is 5.25 Å². The fourth-order valence-corrected chi connectivity index (χ4v) is 2.86. The van der Waals surface area contributed by atoms with E-state index >= 15 is 0 Å². The molecular formula is C12H19FN2O2S. The van der Waals surface area contributed by atoms with Gasteiger partial charge < -0.3 is 5.73 Å². The largest absolute Gasteiger partial charge is 0.323 e. The zero-order chi connectivity index (χ0) is 14.1. The van der Waals surface area contributed by atoms with Crippen LogP contribution in [0.5, 0.6) is 0 Å². The van der Waals surface area contributed by atoms with Gasteiger partial charge in [0.15, 0.2) is 0 Å². The Hall–Kier alpha value is -0.980. The summed E-state index contributed by atoms with van der Waals surface area (Å²) in [7, 11) is -0.499. The maximum atomic E-state index is 13.2. The topological polar surface area (TPSA) is 63.4 Å². The summed E-state index contributed by atoms with van der Waals surface area (Å²) in [4.78, 5) is 0. The molecule has 2 N–H and O–H groups in total. The van der Waals surface area contributed by atoms with Gasteiger partial charge >= 0.3 is 0 Å². The van der Waals surface area contributed by atoms with E-state index in [-0.39, 0.29) is 5.82 Å². The predicted octanol–water partition coefficient (Wildman–Crippen LogP) is 1.41. The molecule has 102 valence electrons. The zero-order valence-electron chi connectivity index (χ0n) is 11.0. The highest BCUT2D eigenvalue weighted by molar-refractivity contribution is 7.89. The summed E-state index contributed by atoms with van der Waals surface area (Å²) in [6, 6.07) is 3.73. The van der Waals surface area contributed by atoms with Gasteiger partial charge in [0, 0.05) is 20.1 Å². The summed E-state index contributed by atoms with van der Waals surface area (Å²) in [5.74, 6) is -0.325. The highest BCUT2D eigenvalue weighted by atomic mass is 32.2. The average Bonchev–Trinajstić information content (AvgIpc) is 2.30. The van der Waals surface area contributed by atoms with Gasteiger partial charge in [-0.25, -0.2) is 17.1 Å². The van der Waals surface area contributed by atoms with E-state index in [0.717, 1.165) is 4.31 Å². The molecule has 6 heteroatoms. The van der Waals surface area contributed by atoms with E-state index < -0.39 is 21.3 Å². The molecule has 0 fully saturated rings. The molecule has 0 radical (unpaired) electrons. The number of aryl methyl sites for hydroxylation is 1. The van der Waals surface area contributed by atoms with Crippen LogP contribution in [0.2, 0.25) is 0 Å². The number of benzene rings is 1. The van der Waals surface area contributed by atoms with Crippen LogP contribution in [0.1, 0.15) is 24.1 Å². The smallest absolute Gasteiger partial charge is 0.218 e. The minimum atomic E-state index is -3.43. The minimum Gasteiger partial charge on any atom is -0.323 e. The first-order valence-electron chi connectivity index (χ1n) is 5.61. The molecule has 0 aromatic heterocycles. The number of rotatable bonds is 4. The monoisotopic (exact) mass is 274 g/mol. The number of hydrogen-bond donors (Lipinski definition) is 1. The van der Waals surface area contributed by atoms with Crippen LogP contribution in [0.15, 0.2) is 18.2 Å². The van der Waals surface area contributed by atoms with E-state index in [9.17, 15) is 12.8 Å². The molecule has 1 rings (SSSR count). The molecule has 1 aromatic carbocycles. The molecule has 0 saturated carbocycles. The highest BCUT2D eigenvalue weighted by Gasteiger charge is 2.30. The molecule has 1 aromatic rings. The molecular weight excluding hydrogens is 255 g/mol. The van der Waals surface area contributed by atoms with Gasteiger partial charge in [-0.15, -0.1) is 0 Å². The van der Waals surface area contributed by atoms with Crippen LogP contribution in [0.25, 0.3) is 0 Å². The summed E-state index contributed by atoms with van der Waals surface area (Å²) in [5, 5.41) is -0.766. The lowest BCUT2D eigenvalue weighted by molar-refractivity contribution is 0.494. The second-order valence-electron chi connectivity index (χ2n) is 4.57. The Balaban J connectivity index is 3.07. The van der Waals surface area contributed by atoms with Crippen molar-refractivity contribution in [2.75, 3.05) is 14.1 Å². The fourth-order valence-electron chi connectivity index (χ4n) is 1.66. The third-order valence-electron chi connectivity index (χ3n) is 3.05. The first kappa shape index (κ1) is 15.1. The zero-order valence-corrected chi connectivity index (χ0v) is 11.8. The highest BCUT2D eigenvalue weighted by Crippen LogP contribution is 2.22. The number of halogens is 1. The summed E-state index contributed by atoms with van der Waals surface area (Å²) in [6.45, 7) is 3.18. The molecule has 0 saturated heterocycles. The number of hydrogen-bond acceptors (Lipinski definition) is 3. The number of sulfonamides is 1. The van der Waals surface area contributed by atoms with Crippen LogP contribution in [0.4, 0.5) is 4.39 Å². The van der Waals surface area contributed by atoms with E-state index in [1.165, 1.54) is 26.2 Å². The lowest BCUT2D eigenvalue weighted by atomic mass is 10.0. The van der Waals surface area contributed by atoms with Gasteiger partial charge in [-0.05, 0) is 31.0 Å². The van der Waals surface area contributed by atoms with Crippen molar-refractivity contribution in [1.82, 2.24) is 4.31 Å². The molecule has 0 heterocycles. The van der Waals surface area contributed by atoms with Crippen molar-refractivity contribution < 1.29 is 12.8 Å². The van der Waals surface area contributed by atoms with Crippen LogP contribution in [-0.2, 0) is 10.0 Å². The molecule has 0 spiro atoms. The molecule has 2 atom stereocenters. The Kier molecular flexibility index (Phi) is 4.47. The second-order valence-corrected chi connectivity index (χ2v) is 7.07. The van der Waals surface area contributed by atoms with Gasteiger partial charge in [-0.2, -0.15) is 0 Å². The Morgan fingerprint density at radius 3 is 2.33 bits per heavy atom. The average molecular weight is 274 g/mol. The molecule has 0 aliphatic rings. The molecule has 4 nitrogen and oxygen atoms in total. The van der Waals surface area contributed by atoms with E-state index in [1.807, 2.05) is 0 Å². The van der Waals surface area contributed by atoms with Crippen LogP contribution >= 0.6 is 0 Å². The maximum absolute atomic E-state index is 13.2. The first-order valence-corrected chi connectivity index (χ1v) is 7.11. The van der Waals surface area contributed by atoms with Gasteiger partial charge in [0.2, 0.25) is 10.0 Å². The lowest BCUT2D eigenvalue weighted by Crippen LogP contribution is -2.38.